The number of anilines is 1. The highest BCUT2D eigenvalue weighted by atomic mass is 35.5. The van der Waals surface area contributed by atoms with Gasteiger partial charge in [-0.2, -0.15) is 13.2 Å². The smallest absolute Gasteiger partial charge is 0.383 e. The number of carbonyl (C=O) groups is 2. The molecule has 0 bridgehead atoms. The fourth-order valence-corrected chi connectivity index (χ4v) is 6.11. The number of fused-ring (bicyclic) bond motifs is 1. The molecule has 9 nitrogen and oxygen atoms in total. The van der Waals surface area contributed by atoms with Gasteiger partial charge in [-0.15, -0.1) is 0 Å². The monoisotopic (exact) mass is 648 g/mol. The Kier molecular flexibility index (Phi) is 9.65. The number of pyridine rings is 1. The maximum atomic E-state index is 13.6. The van der Waals surface area contributed by atoms with Gasteiger partial charge in [0.1, 0.15) is 22.6 Å². The molecule has 244 valence electrons. The number of nitrogens with zero attached hydrogens (tertiary/aromatic N) is 4. The predicted octanol–water partition coefficient (Wildman–Crippen LogP) is 5.56. The number of rotatable bonds is 11. The van der Waals surface area contributed by atoms with E-state index in [-0.39, 0.29) is 31.3 Å². The van der Waals surface area contributed by atoms with Crippen LogP contribution in [0.3, 0.4) is 0 Å². The minimum absolute atomic E-state index is 0.0551. The molecule has 2 fully saturated rings. The fraction of sp³-hybridized carbons (Fsp3) is 0.562. The molecule has 3 aromatic rings. The maximum Gasteiger partial charge on any atom is 0.403 e. The molecule has 2 saturated carbocycles. The van der Waals surface area contributed by atoms with E-state index < -0.39 is 17.5 Å². The molecular weight excluding hydrogens is 609 g/mol. The van der Waals surface area contributed by atoms with Gasteiger partial charge in [0.2, 0.25) is 5.91 Å². The highest BCUT2D eigenvalue weighted by Crippen LogP contribution is 2.57. The molecule has 5 rings (SSSR count). The van der Waals surface area contributed by atoms with Crippen LogP contribution in [0.4, 0.5) is 19.0 Å². The van der Waals surface area contributed by atoms with Crippen molar-refractivity contribution in [3.8, 4) is 0 Å². The van der Waals surface area contributed by atoms with Gasteiger partial charge in [0.25, 0.3) is 5.91 Å². The SMILES string of the molecule is COCCN(C)c1nc2c(cc1C(=O)NC1CCC(C)CC1)nc(Cc1cc(CNC(=O)C3(C(F)(F)F)CC3)ccc1Cl)n2C. The Morgan fingerprint density at radius 2 is 1.87 bits per heavy atom. The maximum absolute atomic E-state index is 13.6. The Balaban J connectivity index is 1.39. The summed E-state index contributed by atoms with van der Waals surface area (Å²) < 4.78 is 47.1. The summed E-state index contributed by atoms with van der Waals surface area (Å²) >= 11 is 6.53. The third-order valence-electron chi connectivity index (χ3n) is 9.14. The van der Waals surface area contributed by atoms with Crippen LogP contribution in [-0.2, 0) is 29.5 Å². The van der Waals surface area contributed by atoms with Gasteiger partial charge < -0.3 is 24.8 Å². The normalized spacial score (nSPS) is 19.4. The number of carbonyl (C=O) groups excluding carboxylic acids is 2. The second-order valence-electron chi connectivity index (χ2n) is 12.5. The van der Waals surface area contributed by atoms with E-state index in [0.29, 0.717) is 70.0 Å². The van der Waals surface area contributed by atoms with Crippen LogP contribution in [-0.4, -0.2) is 65.9 Å². The molecule has 13 heteroatoms. The van der Waals surface area contributed by atoms with Crippen molar-refractivity contribution < 1.29 is 27.5 Å². The zero-order chi connectivity index (χ0) is 32.5. The van der Waals surface area contributed by atoms with Gasteiger partial charge in [0.05, 0.1) is 12.2 Å². The summed E-state index contributed by atoms with van der Waals surface area (Å²) in [6.07, 6.45) is -0.603. The lowest BCUT2D eigenvalue weighted by atomic mass is 9.87. The first-order chi connectivity index (χ1) is 21.3. The van der Waals surface area contributed by atoms with Crippen molar-refractivity contribution in [2.75, 3.05) is 32.2 Å². The van der Waals surface area contributed by atoms with Crippen LogP contribution in [0.2, 0.25) is 5.02 Å². The first-order valence-corrected chi connectivity index (χ1v) is 15.7. The number of alkyl halides is 3. The zero-order valence-corrected chi connectivity index (χ0v) is 26.8. The molecule has 2 N–H and O–H groups in total. The van der Waals surface area contributed by atoms with E-state index in [0.717, 1.165) is 25.7 Å². The summed E-state index contributed by atoms with van der Waals surface area (Å²) in [7, 11) is 5.33. The van der Waals surface area contributed by atoms with Crippen molar-refractivity contribution in [1.82, 2.24) is 25.2 Å². The van der Waals surface area contributed by atoms with Crippen molar-refractivity contribution in [3.05, 3.63) is 51.8 Å². The number of methoxy groups -OCH3 is 1. The molecule has 0 saturated heterocycles. The third-order valence-corrected chi connectivity index (χ3v) is 9.51. The molecule has 2 aliphatic rings. The minimum atomic E-state index is -4.57. The van der Waals surface area contributed by atoms with Gasteiger partial charge in [0.15, 0.2) is 5.65 Å². The average molecular weight is 649 g/mol. The van der Waals surface area contributed by atoms with Crippen LogP contribution in [0.15, 0.2) is 24.3 Å². The van der Waals surface area contributed by atoms with Crippen LogP contribution in [0.1, 0.15) is 72.8 Å². The number of imidazole rings is 1. The molecule has 2 amide bonds. The lowest BCUT2D eigenvalue weighted by molar-refractivity contribution is -0.192. The number of hydrogen-bond acceptors (Lipinski definition) is 6. The summed E-state index contributed by atoms with van der Waals surface area (Å²) in [4.78, 5) is 37.5. The first kappa shape index (κ1) is 33.0. The number of ether oxygens (including phenoxy) is 1. The number of aromatic nitrogens is 3. The van der Waals surface area contributed by atoms with E-state index in [2.05, 4.69) is 17.6 Å². The van der Waals surface area contributed by atoms with Crippen LogP contribution in [0, 0.1) is 11.3 Å². The summed E-state index contributed by atoms with van der Waals surface area (Å²) in [6.45, 7) is 3.17. The van der Waals surface area contributed by atoms with Crippen LogP contribution >= 0.6 is 11.6 Å². The van der Waals surface area contributed by atoms with Gasteiger partial charge in [0, 0.05) is 51.8 Å². The quantitative estimate of drug-likeness (QED) is 0.282. The van der Waals surface area contributed by atoms with E-state index >= 15 is 0 Å². The third kappa shape index (κ3) is 7.06. The van der Waals surface area contributed by atoms with Gasteiger partial charge in [-0.3, -0.25) is 9.59 Å². The number of nitrogens with one attached hydrogen (secondary N) is 2. The van der Waals surface area contributed by atoms with Crippen LogP contribution < -0.4 is 15.5 Å². The van der Waals surface area contributed by atoms with E-state index in [1.165, 1.54) is 0 Å². The van der Waals surface area contributed by atoms with Crippen molar-refractivity contribution >= 4 is 40.4 Å². The lowest BCUT2D eigenvalue weighted by Gasteiger charge is -2.27. The van der Waals surface area contributed by atoms with Crippen molar-refractivity contribution in [2.24, 2.45) is 18.4 Å². The number of likely N-dealkylation sites (N-methyl/N-ethyl adjacent to an activating group) is 1. The number of aryl methyl sites for hydroxylation is 1. The van der Waals surface area contributed by atoms with E-state index in [4.69, 9.17) is 26.3 Å². The van der Waals surface area contributed by atoms with Gasteiger partial charge in [-0.1, -0.05) is 30.7 Å². The number of hydrogen-bond donors (Lipinski definition) is 2. The number of halogens is 4. The molecular formula is C32H40ClF3N6O3. The van der Waals surface area contributed by atoms with Crippen LogP contribution in [0.25, 0.3) is 11.2 Å². The largest absolute Gasteiger partial charge is 0.403 e. The molecule has 45 heavy (non-hydrogen) atoms. The van der Waals surface area contributed by atoms with Crippen molar-refractivity contribution in [2.45, 2.75) is 70.6 Å². The Bertz CT molecular complexity index is 1560. The van der Waals surface area contributed by atoms with E-state index in [9.17, 15) is 22.8 Å². The standard InChI is InChI=1S/C32H40ClF3N6O3/c1-19-5-8-22(9-6-19)38-29(43)23-17-25-28(40-27(23)41(2)13-14-45-4)42(3)26(39-25)16-21-15-20(7-10-24(21)33)18-37-30(44)31(11-12-31)32(34,35)36/h7,10,15,17,19,22H,5-6,8-9,11-14,16,18H2,1-4H3,(H,37,44)(H,38,43). The molecule has 1 aromatic carbocycles. The van der Waals surface area contributed by atoms with Crippen molar-refractivity contribution in [1.29, 1.82) is 0 Å². The molecule has 2 aliphatic carbocycles. The Morgan fingerprint density at radius 3 is 2.51 bits per heavy atom. The Hall–Kier alpha value is -3.38. The Morgan fingerprint density at radius 1 is 1.16 bits per heavy atom. The van der Waals surface area contributed by atoms with Crippen molar-refractivity contribution in [3.63, 3.8) is 0 Å². The number of amides is 2. The minimum Gasteiger partial charge on any atom is -0.383 e. The van der Waals surface area contributed by atoms with Gasteiger partial charge in [-0.05, 0) is 67.7 Å². The van der Waals surface area contributed by atoms with Gasteiger partial charge in [-0.25, -0.2) is 9.97 Å². The van der Waals surface area contributed by atoms with Crippen LogP contribution in [0.5, 0.6) is 0 Å². The summed E-state index contributed by atoms with van der Waals surface area (Å²) in [5, 5.41) is 6.11. The average Bonchev–Trinajstić information content (AvgIpc) is 3.78. The lowest BCUT2D eigenvalue weighted by Crippen LogP contribution is -2.40. The molecule has 0 aliphatic heterocycles. The highest BCUT2D eigenvalue weighted by Gasteiger charge is 2.68. The predicted molar refractivity (Wildman–Crippen MR) is 166 cm³/mol. The summed E-state index contributed by atoms with van der Waals surface area (Å²) in [6, 6.07) is 6.98. The topological polar surface area (TPSA) is 101 Å². The van der Waals surface area contributed by atoms with E-state index in [1.54, 1.807) is 31.4 Å². The zero-order valence-electron chi connectivity index (χ0n) is 26.1. The summed E-state index contributed by atoms with van der Waals surface area (Å²) in [5.41, 5.74) is 0.627. The second kappa shape index (κ2) is 13.2. The molecule has 0 atom stereocenters. The number of benzene rings is 1. The molecule has 2 heterocycles. The molecule has 0 unspecified atom stereocenters. The highest BCUT2D eigenvalue weighted by molar-refractivity contribution is 6.31. The molecule has 0 radical (unpaired) electrons. The summed E-state index contributed by atoms with van der Waals surface area (Å²) in [5.74, 6) is 0.637. The second-order valence-corrected chi connectivity index (χ2v) is 12.9. The molecule has 0 spiro atoms. The van der Waals surface area contributed by atoms with Gasteiger partial charge >= 0.3 is 6.18 Å². The van der Waals surface area contributed by atoms with E-state index in [1.807, 2.05) is 23.6 Å². The Labute approximate surface area is 265 Å². The fourth-order valence-electron chi connectivity index (χ4n) is 5.93. The molecule has 2 aromatic heterocycles. The first-order valence-electron chi connectivity index (χ1n) is 15.3.